The Morgan fingerprint density at radius 3 is 1.50 bits per heavy atom. The first kappa shape index (κ1) is 79.8. The van der Waals surface area contributed by atoms with E-state index >= 15 is 0 Å². The van der Waals surface area contributed by atoms with Gasteiger partial charge < -0.3 is 52.2 Å². The molecular formula is C58H81B3F12N8O3S2. The van der Waals surface area contributed by atoms with Crippen molar-refractivity contribution in [3.63, 3.8) is 0 Å². The maximum atomic E-state index is 9.67. The molecule has 0 amide bonds. The van der Waals surface area contributed by atoms with Crippen LogP contribution in [0.1, 0.15) is 59.0 Å². The van der Waals surface area contributed by atoms with Gasteiger partial charge in [-0.25, -0.2) is 9.15 Å². The van der Waals surface area contributed by atoms with E-state index in [1.807, 2.05) is 27.0 Å². The Labute approximate surface area is 507 Å². The lowest BCUT2D eigenvalue weighted by Crippen LogP contribution is -3.00. The number of anilines is 3. The molecule has 28 heteroatoms. The lowest BCUT2D eigenvalue weighted by Gasteiger charge is -2.21. The van der Waals surface area contributed by atoms with Gasteiger partial charge in [0.1, 0.15) is 61.6 Å². The highest BCUT2D eigenvalue weighted by Crippen LogP contribution is 2.45. The topological polar surface area (TPSA) is 61.6 Å². The number of aromatic nitrogens is 1. The smallest absolute Gasteiger partial charge is 0.762 e. The molecule has 7 aromatic rings. The molecule has 0 radical (unpaired) electrons. The maximum Gasteiger partial charge on any atom is 0.762 e. The van der Waals surface area contributed by atoms with Crippen LogP contribution < -0.4 is 58.0 Å². The van der Waals surface area contributed by atoms with Gasteiger partial charge in [-0.1, -0.05) is 36.0 Å². The number of nitrogens with zero attached hydrogens (tertiary/aromatic N) is 8. The predicted octanol–water partition coefficient (Wildman–Crippen LogP) is 3.89. The summed E-state index contributed by atoms with van der Waals surface area (Å²) in [5.74, 6) is 1.83. The van der Waals surface area contributed by atoms with Gasteiger partial charge in [-0.05, 0) is 124 Å². The quantitative estimate of drug-likeness (QED) is 0.0770. The maximum absolute atomic E-state index is 9.67. The lowest BCUT2D eigenvalue weighted by molar-refractivity contribution is -0.646. The van der Waals surface area contributed by atoms with Crippen LogP contribution in [0.15, 0.2) is 116 Å². The van der Waals surface area contributed by atoms with Gasteiger partial charge in [-0.3, -0.25) is 38.8 Å². The van der Waals surface area contributed by atoms with Gasteiger partial charge in [0.15, 0.2) is 0 Å². The third-order valence-corrected chi connectivity index (χ3v) is 15.2. The van der Waals surface area contributed by atoms with Crippen LogP contribution in [0.25, 0.3) is 38.2 Å². The first-order chi connectivity index (χ1) is 39.4. The van der Waals surface area contributed by atoms with Crippen LogP contribution >= 0.6 is 23.1 Å². The number of rotatable bonds is 17. The summed E-state index contributed by atoms with van der Waals surface area (Å²) in [6, 6.07) is 34.4. The average molecular weight is 1260 g/mol. The Morgan fingerprint density at radius 2 is 1.06 bits per heavy atom. The minimum atomic E-state index is -3.67. The third-order valence-electron chi connectivity index (χ3n) is 12.9. The van der Waals surface area contributed by atoms with Gasteiger partial charge in [-0.15, -0.1) is 0 Å². The molecule has 0 fully saturated rings. The van der Waals surface area contributed by atoms with Gasteiger partial charge in [0.05, 0.1) is 34.2 Å². The third kappa shape index (κ3) is 26.0. The highest BCUT2D eigenvalue weighted by molar-refractivity contribution is 8.03. The second-order valence-corrected chi connectivity index (χ2v) is 21.4. The summed E-state index contributed by atoms with van der Waals surface area (Å²) in [4.78, 5) is 12.7. The van der Waals surface area contributed by atoms with Crippen LogP contribution in [0.5, 0.6) is 5.19 Å². The van der Waals surface area contributed by atoms with E-state index in [0.717, 1.165) is 105 Å². The fourth-order valence-electron chi connectivity index (χ4n) is 8.92. The molecule has 0 aliphatic carbocycles. The molecule has 476 valence electrons. The summed E-state index contributed by atoms with van der Waals surface area (Å²) in [5, 5.41) is 6.94. The minimum absolute atomic E-state index is 0. The van der Waals surface area contributed by atoms with Crippen molar-refractivity contribution in [1.29, 1.82) is 0 Å². The zero-order valence-electron chi connectivity index (χ0n) is 51.5. The van der Waals surface area contributed by atoms with E-state index in [1.54, 1.807) is 23.1 Å². The average Bonchev–Trinajstić information content (AvgIpc) is 2.07. The molecule has 1 aliphatic heterocycles. The summed E-state index contributed by atoms with van der Waals surface area (Å²) in [7, 11) is 6.01. The molecule has 0 spiro atoms. The summed E-state index contributed by atoms with van der Waals surface area (Å²) in [6.07, 6.45) is 4.43. The standard InChI is InChI=1S/C28H37N4OS.C20H32N3O.C10H12NOS.3BF3.3FH/c1-7-32(8-2)21-14-15-23-25(30(5)17-11-16-29(3)4)19-22(33-26(23)18-21)20-28-31(6)24-12-9-10-13-27(24)34-28;1-7-23(8-2)17-10-11-18-19(14-16(3)24-20(18)15-17)22(6)13-9-12-21(4)5;1-3-12-10-11(2)8-6-4-5-7-9(8)13-10;3*2-1(3)4;;;/h9-10,12-15,18-20H,7-8,11,16-17H2,1-6H3;10-11,14-15H,7-9,12-13H2,1-6H3;4-7H,3H2,1-2H3;;;;3*1H/q3*+1;;;;;;/p-3. The highest BCUT2D eigenvalue weighted by atomic mass is 32.2. The second-order valence-electron chi connectivity index (χ2n) is 19.3. The van der Waals surface area contributed by atoms with Gasteiger partial charge in [-0.2, -0.15) is 4.57 Å². The Hall–Kier alpha value is -6.25. The van der Waals surface area contributed by atoms with Crippen molar-refractivity contribution < 1.29 is 71.1 Å². The van der Waals surface area contributed by atoms with Crippen molar-refractivity contribution in [1.82, 2.24) is 19.0 Å². The number of thioether (sulfide) groups is 1. The zero-order valence-corrected chi connectivity index (χ0v) is 53.1. The number of hydrogen-bond acceptors (Lipinski definition) is 10. The number of para-hydroxylation sites is 2. The molecule has 86 heavy (non-hydrogen) atoms. The molecule has 0 saturated heterocycles. The van der Waals surface area contributed by atoms with E-state index in [9.17, 15) is 38.8 Å². The number of aryl methyl sites for hydroxylation is 2. The number of fused-ring (bicyclic) bond motifs is 4. The van der Waals surface area contributed by atoms with Crippen LogP contribution in [0.2, 0.25) is 0 Å². The van der Waals surface area contributed by atoms with E-state index in [-0.39, 0.29) is 14.1 Å². The zero-order chi connectivity index (χ0) is 61.9. The summed E-state index contributed by atoms with van der Waals surface area (Å²) in [5.41, 5.74) is 6.79. The normalized spacial score (nSPS) is 12.2. The molecule has 8 rings (SSSR count). The number of benzene rings is 4. The van der Waals surface area contributed by atoms with E-state index < -0.39 is 22.6 Å². The van der Waals surface area contributed by atoms with Crippen molar-refractivity contribution in [2.24, 2.45) is 7.05 Å². The number of ether oxygens (including phenoxy) is 1. The SMILES string of the molecule is CCN(CC)c1ccc2c(=[N+](C)CCCN(C)C)cc(/C=C3\Sc4ccccc4N3C)oc2c1.CCN(CC)c1ccc2c(=[N+](C)CCCN(C)C)cc(C)oc2c1.CCOc1sc2ccccc2[n+]1C.FB(F)F.FB(F)F.FB(F)F.[F-].[F-].[F-]. The van der Waals surface area contributed by atoms with Crippen LogP contribution in [-0.2, 0) is 7.05 Å². The van der Waals surface area contributed by atoms with E-state index in [4.69, 9.17) is 13.6 Å². The van der Waals surface area contributed by atoms with Crippen molar-refractivity contribution in [2.45, 2.75) is 59.3 Å². The van der Waals surface area contributed by atoms with Crippen molar-refractivity contribution in [2.75, 3.05) is 123 Å². The molecule has 0 unspecified atom stereocenters. The fraction of sp³-hybridized carbons (Fsp3) is 0.431. The highest BCUT2D eigenvalue weighted by Gasteiger charge is 2.23. The van der Waals surface area contributed by atoms with Crippen LogP contribution in [-0.4, -0.2) is 141 Å². The van der Waals surface area contributed by atoms with E-state index in [0.29, 0.717) is 0 Å². The molecule has 0 atom stereocenters. The minimum Gasteiger partial charge on any atom is -1.00 e. The molecule has 1 aliphatic rings. The molecule has 0 bridgehead atoms. The lowest BCUT2D eigenvalue weighted by atomic mass is 10.1. The summed E-state index contributed by atoms with van der Waals surface area (Å²) < 4.78 is 113. The number of hydrogen-bond donors (Lipinski definition) is 0. The molecular weight excluding hydrogens is 1180 g/mol. The Morgan fingerprint density at radius 1 is 0.616 bits per heavy atom. The Balaban J connectivity index is 0.00000120. The molecule has 4 heterocycles. The first-order valence-electron chi connectivity index (χ1n) is 27.4. The molecule has 3 aromatic heterocycles. The van der Waals surface area contributed by atoms with Crippen molar-refractivity contribution >= 4 is 101 Å². The largest absolute Gasteiger partial charge is 1.00 e. The molecule has 11 nitrogen and oxygen atoms in total. The molecule has 0 saturated carbocycles. The molecule has 0 N–H and O–H groups in total. The van der Waals surface area contributed by atoms with Crippen molar-refractivity contribution in [3.8, 4) is 5.19 Å². The fourth-order valence-corrected chi connectivity index (χ4v) is 11.1. The van der Waals surface area contributed by atoms with E-state index in [1.165, 1.54) is 53.3 Å². The number of thiazole rings is 1. The first-order valence-corrected chi connectivity index (χ1v) is 29.0. The predicted molar refractivity (Wildman–Crippen MR) is 333 cm³/mol. The van der Waals surface area contributed by atoms with Crippen molar-refractivity contribution in [3.05, 3.63) is 124 Å². The van der Waals surface area contributed by atoms with Gasteiger partial charge >= 0.3 is 27.8 Å². The van der Waals surface area contributed by atoms with E-state index in [2.05, 4.69) is 212 Å². The van der Waals surface area contributed by atoms with Gasteiger partial charge in [0.2, 0.25) is 16.2 Å². The van der Waals surface area contributed by atoms with Gasteiger partial charge in [0.25, 0.3) is 0 Å². The monoisotopic (exact) mass is 1260 g/mol. The number of halogens is 12. The second kappa shape index (κ2) is 41.0. The summed E-state index contributed by atoms with van der Waals surface area (Å²) in [6.45, 7) is 21.7. The van der Waals surface area contributed by atoms with Crippen LogP contribution in [0.3, 0.4) is 0 Å². The van der Waals surface area contributed by atoms with Gasteiger partial charge in [0, 0.05) is 106 Å². The summed E-state index contributed by atoms with van der Waals surface area (Å²) >= 11 is 3.48. The molecule has 4 aromatic carbocycles. The van der Waals surface area contributed by atoms with Crippen LogP contribution in [0.4, 0.5) is 55.9 Å². The Kier molecular flexibility index (Phi) is 38.0. The Bertz CT molecular complexity index is 3240. The van der Waals surface area contributed by atoms with Crippen LogP contribution in [0, 0.1) is 6.92 Å².